The summed E-state index contributed by atoms with van der Waals surface area (Å²) in [6.45, 7) is 8.11. The van der Waals surface area contributed by atoms with Gasteiger partial charge in [-0.2, -0.15) is 0 Å². The maximum absolute atomic E-state index is 12.6. The van der Waals surface area contributed by atoms with E-state index in [0.29, 0.717) is 18.8 Å². The van der Waals surface area contributed by atoms with Crippen LogP contribution in [0.15, 0.2) is 43.1 Å². The number of pyridine rings is 1. The zero-order valence-electron chi connectivity index (χ0n) is 17.1. The molecule has 0 radical (unpaired) electrons. The molecule has 1 N–H and O–H groups in total. The average molecular weight is 395 g/mol. The van der Waals surface area contributed by atoms with Crippen LogP contribution in [-0.2, 0) is 9.53 Å². The second kappa shape index (κ2) is 8.54. The van der Waals surface area contributed by atoms with Gasteiger partial charge < -0.3 is 9.84 Å². The molecular weight excluding hydrogens is 364 g/mol. The third-order valence-corrected chi connectivity index (χ3v) is 6.69. The topological polar surface area (TPSA) is 62.7 Å². The largest absolute Gasteiger partial charge is 0.508 e. The van der Waals surface area contributed by atoms with Crippen LogP contribution in [0.25, 0.3) is 10.9 Å². The number of aromatic hydroxyl groups is 1. The quantitative estimate of drug-likeness (QED) is 0.549. The lowest BCUT2D eigenvalue weighted by molar-refractivity contribution is -0.157. The summed E-state index contributed by atoms with van der Waals surface area (Å²) in [4.78, 5) is 19.5. The Morgan fingerprint density at radius 2 is 2.31 bits per heavy atom. The van der Waals surface area contributed by atoms with Crippen LogP contribution < -0.4 is 0 Å². The Labute approximate surface area is 172 Å². The Balaban J connectivity index is 1.71. The Bertz CT molecular complexity index is 897. The van der Waals surface area contributed by atoms with Crippen molar-refractivity contribution in [3.8, 4) is 5.75 Å². The van der Waals surface area contributed by atoms with E-state index in [1.54, 1.807) is 24.4 Å². The van der Waals surface area contributed by atoms with Crippen molar-refractivity contribution in [3.63, 3.8) is 0 Å². The molecule has 5 nitrogen and oxygen atoms in total. The van der Waals surface area contributed by atoms with Gasteiger partial charge in [0.25, 0.3) is 0 Å². The van der Waals surface area contributed by atoms with E-state index in [0.717, 1.165) is 41.9 Å². The number of allylic oxidation sites excluding steroid dienone is 1. The van der Waals surface area contributed by atoms with Crippen LogP contribution in [0, 0.1) is 11.8 Å². The van der Waals surface area contributed by atoms with E-state index in [4.69, 9.17) is 4.74 Å². The number of hydrogen-bond donors (Lipinski definition) is 1. The molecule has 5 atom stereocenters. The highest BCUT2D eigenvalue weighted by atomic mass is 16.5. The van der Waals surface area contributed by atoms with Gasteiger partial charge in [-0.05, 0) is 61.9 Å². The number of nitrogens with zero attached hydrogens (tertiary/aromatic N) is 2. The lowest BCUT2D eigenvalue weighted by Crippen LogP contribution is -2.55. The summed E-state index contributed by atoms with van der Waals surface area (Å²) in [5, 5.41) is 10.9. The number of carbonyl (C=O) groups excluding carboxylic acids is 1. The third-order valence-electron chi connectivity index (χ3n) is 6.69. The summed E-state index contributed by atoms with van der Waals surface area (Å²) in [6.07, 6.45) is 7.56. The normalized spacial score (nSPS) is 26.9. The highest BCUT2D eigenvalue weighted by Gasteiger charge is 2.44. The molecule has 1 aromatic heterocycles. The molecule has 2 bridgehead atoms. The first kappa shape index (κ1) is 19.9. The number of hydrogen-bond acceptors (Lipinski definition) is 5. The molecule has 0 amide bonds. The lowest BCUT2D eigenvalue weighted by Gasteiger charge is -2.51. The van der Waals surface area contributed by atoms with Crippen LogP contribution >= 0.6 is 0 Å². The van der Waals surface area contributed by atoms with Gasteiger partial charge in [-0.3, -0.25) is 14.7 Å². The number of carbonyl (C=O) groups is 1. The SMILES string of the molecule is C=CCCC(=O)OC(c1ccnc2ccc(O)cc12)C1CC2CCN1CC2CC. The van der Waals surface area contributed by atoms with Crippen LogP contribution in [0.4, 0.5) is 0 Å². The van der Waals surface area contributed by atoms with Gasteiger partial charge >= 0.3 is 5.97 Å². The van der Waals surface area contributed by atoms with Crippen molar-refractivity contribution in [2.75, 3.05) is 13.1 Å². The molecular formula is C24H30N2O3. The Kier molecular flexibility index (Phi) is 5.86. The van der Waals surface area contributed by atoms with Crippen LogP contribution in [0.3, 0.4) is 0 Å². The fraction of sp³-hybridized carbons (Fsp3) is 0.500. The Hall–Kier alpha value is -2.40. The zero-order chi connectivity index (χ0) is 20.4. The summed E-state index contributed by atoms with van der Waals surface area (Å²) in [7, 11) is 0. The van der Waals surface area contributed by atoms with Crippen LogP contribution in [0.1, 0.15) is 50.7 Å². The average Bonchev–Trinajstić information content (AvgIpc) is 2.76. The monoisotopic (exact) mass is 394 g/mol. The van der Waals surface area contributed by atoms with Crippen molar-refractivity contribution < 1.29 is 14.6 Å². The molecule has 29 heavy (non-hydrogen) atoms. The number of benzene rings is 1. The zero-order valence-corrected chi connectivity index (χ0v) is 17.1. The van der Waals surface area contributed by atoms with Gasteiger partial charge in [0.15, 0.2) is 0 Å². The Morgan fingerprint density at radius 1 is 1.45 bits per heavy atom. The number of piperidine rings is 3. The van der Waals surface area contributed by atoms with Gasteiger partial charge in [-0.1, -0.05) is 19.4 Å². The highest BCUT2D eigenvalue weighted by Crippen LogP contribution is 2.44. The minimum atomic E-state index is -0.361. The fourth-order valence-corrected chi connectivity index (χ4v) is 5.13. The number of phenolic OH excluding ortho intramolecular Hbond substituents is 1. The highest BCUT2D eigenvalue weighted by molar-refractivity contribution is 5.84. The van der Waals surface area contributed by atoms with E-state index >= 15 is 0 Å². The van der Waals surface area contributed by atoms with E-state index < -0.39 is 0 Å². The molecule has 5 unspecified atom stereocenters. The van der Waals surface area contributed by atoms with Crippen LogP contribution in [-0.4, -0.2) is 40.1 Å². The minimum Gasteiger partial charge on any atom is -0.508 e. The molecule has 0 aliphatic carbocycles. The molecule has 3 saturated heterocycles. The summed E-state index contributed by atoms with van der Waals surface area (Å²) in [5.74, 6) is 1.41. The molecule has 0 spiro atoms. The molecule has 3 fully saturated rings. The minimum absolute atomic E-state index is 0.164. The van der Waals surface area contributed by atoms with Gasteiger partial charge in [-0.15, -0.1) is 6.58 Å². The van der Waals surface area contributed by atoms with Gasteiger partial charge in [-0.25, -0.2) is 0 Å². The number of ether oxygens (including phenoxy) is 1. The third kappa shape index (κ3) is 4.01. The molecule has 5 heteroatoms. The molecule has 1 aromatic carbocycles. The predicted octanol–water partition coefficient (Wildman–Crippen LogP) is 4.61. The van der Waals surface area contributed by atoms with Crippen molar-refractivity contribution in [1.82, 2.24) is 9.88 Å². The predicted molar refractivity (Wildman–Crippen MR) is 114 cm³/mol. The first-order valence-corrected chi connectivity index (χ1v) is 10.7. The van der Waals surface area contributed by atoms with Gasteiger partial charge in [0, 0.05) is 30.1 Å². The smallest absolute Gasteiger partial charge is 0.306 e. The van der Waals surface area contributed by atoms with Crippen LogP contribution in [0.5, 0.6) is 5.75 Å². The number of rotatable bonds is 7. The molecule has 2 aromatic rings. The van der Waals surface area contributed by atoms with Crippen molar-refractivity contribution in [2.45, 2.75) is 51.2 Å². The molecule has 5 rings (SSSR count). The van der Waals surface area contributed by atoms with Crippen molar-refractivity contribution in [2.24, 2.45) is 11.8 Å². The number of aromatic nitrogens is 1. The summed E-state index contributed by atoms with van der Waals surface area (Å²) < 4.78 is 6.11. The molecule has 3 aliphatic rings. The first-order valence-electron chi connectivity index (χ1n) is 10.7. The maximum Gasteiger partial charge on any atom is 0.306 e. The van der Waals surface area contributed by atoms with E-state index in [9.17, 15) is 9.90 Å². The van der Waals surface area contributed by atoms with Crippen molar-refractivity contribution in [1.29, 1.82) is 0 Å². The number of phenols is 1. The molecule has 154 valence electrons. The first-order chi connectivity index (χ1) is 14.1. The maximum atomic E-state index is 12.6. The van der Waals surface area contributed by atoms with E-state index in [-0.39, 0.29) is 23.9 Å². The van der Waals surface area contributed by atoms with E-state index in [1.165, 1.54) is 12.8 Å². The second-order valence-corrected chi connectivity index (χ2v) is 8.35. The Morgan fingerprint density at radius 3 is 3.03 bits per heavy atom. The molecule has 0 saturated carbocycles. The summed E-state index contributed by atoms with van der Waals surface area (Å²) in [5.41, 5.74) is 1.73. The van der Waals surface area contributed by atoms with Crippen LogP contribution in [0.2, 0.25) is 0 Å². The van der Waals surface area contributed by atoms with Crippen molar-refractivity contribution >= 4 is 16.9 Å². The van der Waals surface area contributed by atoms with Crippen molar-refractivity contribution in [3.05, 3.63) is 48.7 Å². The summed E-state index contributed by atoms with van der Waals surface area (Å²) >= 11 is 0. The fourth-order valence-electron chi connectivity index (χ4n) is 5.13. The molecule has 3 aliphatic heterocycles. The summed E-state index contributed by atoms with van der Waals surface area (Å²) in [6, 6.07) is 7.28. The molecule has 4 heterocycles. The second-order valence-electron chi connectivity index (χ2n) is 8.35. The standard InChI is InChI=1S/C24H30N2O3/c1-3-5-6-23(28)29-24(22-13-17-10-12-26(22)15-16(17)4-2)19-9-11-25-21-8-7-18(27)14-20(19)21/h3,7-9,11,14,16-17,22,24,27H,1,4-6,10,12-13,15H2,2H3. The number of esters is 1. The van der Waals surface area contributed by atoms with Gasteiger partial charge in [0.05, 0.1) is 11.6 Å². The van der Waals surface area contributed by atoms with Gasteiger partial charge in [0.2, 0.25) is 0 Å². The van der Waals surface area contributed by atoms with Gasteiger partial charge in [0.1, 0.15) is 11.9 Å². The van der Waals surface area contributed by atoms with E-state index in [2.05, 4.69) is 23.4 Å². The lowest BCUT2D eigenvalue weighted by atomic mass is 9.72. The van der Waals surface area contributed by atoms with E-state index in [1.807, 2.05) is 12.1 Å². The number of fused-ring (bicyclic) bond motifs is 4.